The molecule has 0 aliphatic heterocycles. The monoisotopic (exact) mass is 402 g/mol. The van der Waals surface area contributed by atoms with Gasteiger partial charge in [0.1, 0.15) is 0 Å². The van der Waals surface area contributed by atoms with Gasteiger partial charge < -0.3 is 15.4 Å². The SMILES string of the molecule is CC(=O)Nc1ccc(C(=O)OCC(=O)Nc2ccccc2Cc2ccccc2)cc1. The first kappa shape index (κ1) is 20.8. The van der Waals surface area contributed by atoms with E-state index >= 15 is 0 Å². The number of hydrogen-bond donors (Lipinski definition) is 2. The van der Waals surface area contributed by atoms with Crippen LogP contribution in [0.1, 0.15) is 28.4 Å². The van der Waals surface area contributed by atoms with Crippen LogP contribution in [0.3, 0.4) is 0 Å². The Bertz CT molecular complexity index is 1030. The maximum absolute atomic E-state index is 12.3. The molecule has 6 nitrogen and oxygen atoms in total. The Hall–Kier alpha value is -3.93. The Labute approximate surface area is 174 Å². The van der Waals surface area contributed by atoms with Crippen LogP contribution in [0.15, 0.2) is 78.9 Å². The standard InChI is InChI=1S/C24H22N2O4/c1-17(27)25-21-13-11-19(12-14-21)24(29)30-16-23(28)26-22-10-6-5-9-20(22)15-18-7-3-2-4-8-18/h2-14H,15-16H2,1H3,(H,25,27)(H,26,28). The fourth-order valence-electron chi connectivity index (χ4n) is 2.91. The van der Waals surface area contributed by atoms with Crippen LogP contribution in [0.25, 0.3) is 0 Å². The van der Waals surface area contributed by atoms with Crippen LogP contribution in [0, 0.1) is 0 Å². The minimum atomic E-state index is -0.614. The van der Waals surface area contributed by atoms with E-state index in [0.717, 1.165) is 11.1 Å². The average Bonchev–Trinajstić information content (AvgIpc) is 2.74. The fourth-order valence-corrected chi connectivity index (χ4v) is 2.91. The topological polar surface area (TPSA) is 84.5 Å². The Balaban J connectivity index is 1.56. The molecule has 0 atom stereocenters. The molecular weight excluding hydrogens is 380 g/mol. The largest absolute Gasteiger partial charge is 0.452 e. The van der Waals surface area contributed by atoms with E-state index < -0.39 is 18.5 Å². The molecule has 152 valence electrons. The van der Waals surface area contributed by atoms with Crippen molar-refractivity contribution in [2.24, 2.45) is 0 Å². The van der Waals surface area contributed by atoms with Crippen LogP contribution >= 0.6 is 0 Å². The zero-order valence-corrected chi connectivity index (χ0v) is 16.6. The van der Waals surface area contributed by atoms with Crippen molar-refractivity contribution in [1.29, 1.82) is 0 Å². The third-order valence-corrected chi connectivity index (χ3v) is 4.30. The Morgan fingerprint density at radius 3 is 2.17 bits per heavy atom. The van der Waals surface area contributed by atoms with E-state index in [9.17, 15) is 14.4 Å². The molecule has 30 heavy (non-hydrogen) atoms. The minimum Gasteiger partial charge on any atom is -0.452 e. The van der Waals surface area contributed by atoms with Gasteiger partial charge in [-0.1, -0.05) is 48.5 Å². The zero-order chi connectivity index (χ0) is 21.3. The minimum absolute atomic E-state index is 0.199. The molecule has 0 radical (unpaired) electrons. The molecule has 2 N–H and O–H groups in total. The second-order valence-corrected chi connectivity index (χ2v) is 6.70. The Kier molecular flexibility index (Phi) is 6.95. The second kappa shape index (κ2) is 10.0. The van der Waals surface area contributed by atoms with Crippen molar-refractivity contribution < 1.29 is 19.1 Å². The number of carbonyl (C=O) groups excluding carboxylic acids is 3. The molecule has 3 rings (SSSR count). The van der Waals surface area contributed by atoms with Gasteiger partial charge in [0, 0.05) is 18.3 Å². The highest BCUT2D eigenvalue weighted by Gasteiger charge is 2.12. The van der Waals surface area contributed by atoms with Gasteiger partial charge in [0.25, 0.3) is 5.91 Å². The number of esters is 1. The summed E-state index contributed by atoms with van der Waals surface area (Å²) in [6, 6.07) is 23.7. The van der Waals surface area contributed by atoms with Crippen molar-refractivity contribution >= 4 is 29.2 Å². The highest BCUT2D eigenvalue weighted by Crippen LogP contribution is 2.19. The van der Waals surface area contributed by atoms with E-state index in [0.29, 0.717) is 23.4 Å². The van der Waals surface area contributed by atoms with Gasteiger partial charge in [0.15, 0.2) is 6.61 Å². The number of amides is 2. The Morgan fingerprint density at radius 2 is 1.47 bits per heavy atom. The van der Waals surface area contributed by atoms with Gasteiger partial charge in [-0.2, -0.15) is 0 Å². The zero-order valence-electron chi connectivity index (χ0n) is 16.6. The average molecular weight is 402 g/mol. The summed E-state index contributed by atoms with van der Waals surface area (Å²) in [6.07, 6.45) is 0.678. The molecular formula is C24H22N2O4. The van der Waals surface area contributed by atoms with Gasteiger partial charge in [-0.15, -0.1) is 0 Å². The van der Waals surface area contributed by atoms with Crippen molar-refractivity contribution in [3.05, 3.63) is 95.6 Å². The summed E-state index contributed by atoms with van der Waals surface area (Å²) in [7, 11) is 0. The molecule has 0 aliphatic carbocycles. The van der Waals surface area contributed by atoms with Crippen LogP contribution in [0.2, 0.25) is 0 Å². The highest BCUT2D eigenvalue weighted by atomic mass is 16.5. The third kappa shape index (κ3) is 6.04. The molecule has 2 amide bonds. The van der Waals surface area contributed by atoms with Gasteiger partial charge in [-0.3, -0.25) is 9.59 Å². The third-order valence-electron chi connectivity index (χ3n) is 4.30. The number of nitrogens with one attached hydrogen (secondary N) is 2. The van der Waals surface area contributed by atoms with E-state index in [1.807, 2.05) is 54.6 Å². The molecule has 0 fully saturated rings. The lowest BCUT2D eigenvalue weighted by Crippen LogP contribution is -2.21. The van der Waals surface area contributed by atoms with E-state index in [2.05, 4.69) is 10.6 Å². The maximum atomic E-state index is 12.3. The quantitative estimate of drug-likeness (QED) is 0.585. The lowest BCUT2D eigenvalue weighted by atomic mass is 10.0. The number of ether oxygens (including phenoxy) is 1. The number of para-hydroxylation sites is 1. The molecule has 3 aromatic carbocycles. The van der Waals surface area contributed by atoms with Gasteiger partial charge in [0.05, 0.1) is 5.56 Å². The van der Waals surface area contributed by atoms with Gasteiger partial charge >= 0.3 is 5.97 Å². The molecule has 0 aromatic heterocycles. The molecule has 6 heteroatoms. The summed E-state index contributed by atoms with van der Waals surface area (Å²) in [5.41, 5.74) is 3.65. The van der Waals surface area contributed by atoms with Crippen molar-refractivity contribution in [2.75, 3.05) is 17.2 Å². The second-order valence-electron chi connectivity index (χ2n) is 6.70. The number of benzene rings is 3. The summed E-state index contributed by atoms with van der Waals surface area (Å²) in [4.78, 5) is 35.5. The lowest BCUT2D eigenvalue weighted by molar-refractivity contribution is -0.119. The van der Waals surface area contributed by atoms with Crippen LogP contribution in [-0.4, -0.2) is 24.4 Å². The molecule has 0 unspecified atom stereocenters. The highest BCUT2D eigenvalue weighted by molar-refractivity contribution is 5.96. The van der Waals surface area contributed by atoms with Crippen LogP contribution in [-0.2, 0) is 20.7 Å². The number of hydrogen-bond acceptors (Lipinski definition) is 4. The summed E-state index contributed by atoms with van der Waals surface area (Å²) in [5.74, 6) is -1.23. The number of rotatable bonds is 7. The van der Waals surface area contributed by atoms with E-state index in [-0.39, 0.29) is 5.91 Å². The van der Waals surface area contributed by atoms with Crippen molar-refractivity contribution in [2.45, 2.75) is 13.3 Å². The van der Waals surface area contributed by atoms with Crippen LogP contribution in [0.4, 0.5) is 11.4 Å². The first-order valence-corrected chi connectivity index (χ1v) is 9.48. The molecule has 0 heterocycles. The maximum Gasteiger partial charge on any atom is 0.338 e. The van der Waals surface area contributed by atoms with E-state index in [1.165, 1.54) is 19.1 Å². The lowest BCUT2D eigenvalue weighted by Gasteiger charge is -2.12. The first-order chi connectivity index (χ1) is 14.5. The fraction of sp³-hybridized carbons (Fsp3) is 0.125. The molecule has 0 bridgehead atoms. The first-order valence-electron chi connectivity index (χ1n) is 9.48. The molecule has 3 aromatic rings. The van der Waals surface area contributed by atoms with Gasteiger partial charge in [0.2, 0.25) is 5.91 Å². The number of carbonyl (C=O) groups is 3. The molecule has 0 aliphatic rings. The molecule has 0 spiro atoms. The van der Waals surface area contributed by atoms with Crippen LogP contribution < -0.4 is 10.6 Å². The summed E-state index contributed by atoms with van der Waals surface area (Å²) >= 11 is 0. The summed E-state index contributed by atoms with van der Waals surface area (Å²) in [5, 5.41) is 5.42. The van der Waals surface area contributed by atoms with Crippen LogP contribution in [0.5, 0.6) is 0 Å². The predicted molar refractivity (Wildman–Crippen MR) is 115 cm³/mol. The molecule has 0 saturated carbocycles. The smallest absolute Gasteiger partial charge is 0.338 e. The van der Waals surface area contributed by atoms with Crippen molar-refractivity contribution in [3.63, 3.8) is 0 Å². The summed E-state index contributed by atoms with van der Waals surface area (Å²) < 4.78 is 5.10. The van der Waals surface area contributed by atoms with E-state index in [1.54, 1.807) is 12.1 Å². The van der Waals surface area contributed by atoms with Gasteiger partial charge in [-0.25, -0.2) is 4.79 Å². The molecule has 0 saturated heterocycles. The predicted octanol–water partition coefficient (Wildman–Crippen LogP) is 4.03. The van der Waals surface area contributed by atoms with E-state index in [4.69, 9.17) is 4.74 Å². The van der Waals surface area contributed by atoms with Crippen molar-refractivity contribution in [3.8, 4) is 0 Å². The summed E-state index contributed by atoms with van der Waals surface area (Å²) in [6.45, 7) is 1.00. The number of anilines is 2. The van der Waals surface area contributed by atoms with Crippen molar-refractivity contribution in [1.82, 2.24) is 0 Å². The Morgan fingerprint density at radius 1 is 0.800 bits per heavy atom. The normalized spacial score (nSPS) is 10.2. The van der Waals surface area contributed by atoms with Gasteiger partial charge in [-0.05, 0) is 47.9 Å².